The molecule has 2 N–H and O–H groups in total. The highest BCUT2D eigenvalue weighted by Gasteiger charge is 2.06. The van der Waals surface area contributed by atoms with Gasteiger partial charge in [-0.3, -0.25) is 14.9 Å². The van der Waals surface area contributed by atoms with Crippen LogP contribution >= 0.6 is 0 Å². The van der Waals surface area contributed by atoms with E-state index in [0.717, 1.165) is 5.56 Å². The average Bonchev–Trinajstić information content (AvgIpc) is 2.53. The first-order chi connectivity index (χ1) is 10.6. The standard InChI is InChI=1S/C17H14N2O3/c18-15-9-5-13(6-10-15)3-1-2-4-17(20)14-7-11-16(12-8-14)19(21)22/h1-12H,18H2/b3-1+,4-2+. The van der Waals surface area contributed by atoms with E-state index in [1.807, 2.05) is 18.2 Å². The van der Waals surface area contributed by atoms with E-state index in [0.29, 0.717) is 11.3 Å². The molecule has 110 valence electrons. The molecule has 2 aromatic rings. The SMILES string of the molecule is Nc1ccc(/C=C/C=C/C(=O)c2ccc([N+](=O)[O-])cc2)cc1. The number of hydrogen-bond acceptors (Lipinski definition) is 4. The van der Waals surface area contributed by atoms with Gasteiger partial charge in [-0.25, -0.2) is 0 Å². The van der Waals surface area contributed by atoms with Crippen LogP contribution in [0.15, 0.2) is 66.8 Å². The van der Waals surface area contributed by atoms with E-state index in [4.69, 9.17) is 5.73 Å². The highest BCUT2D eigenvalue weighted by molar-refractivity contribution is 6.04. The summed E-state index contributed by atoms with van der Waals surface area (Å²) in [5, 5.41) is 10.5. The quantitative estimate of drug-likeness (QED) is 0.228. The number of rotatable bonds is 5. The van der Waals surface area contributed by atoms with Crippen molar-refractivity contribution >= 4 is 23.2 Å². The van der Waals surface area contributed by atoms with Crippen LogP contribution in [0.3, 0.4) is 0 Å². The van der Waals surface area contributed by atoms with Gasteiger partial charge in [-0.1, -0.05) is 30.4 Å². The first-order valence-corrected chi connectivity index (χ1v) is 6.55. The minimum Gasteiger partial charge on any atom is -0.399 e. The van der Waals surface area contributed by atoms with Crippen LogP contribution in [0.25, 0.3) is 6.08 Å². The molecule has 0 bridgehead atoms. The Labute approximate surface area is 127 Å². The molecule has 0 atom stereocenters. The van der Waals surface area contributed by atoms with Crippen LogP contribution in [-0.2, 0) is 0 Å². The van der Waals surface area contributed by atoms with Crippen molar-refractivity contribution < 1.29 is 9.72 Å². The lowest BCUT2D eigenvalue weighted by atomic mass is 10.1. The summed E-state index contributed by atoms with van der Waals surface area (Å²) in [6.07, 6.45) is 6.63. The molecular formula is C17H14N2O3. The predicted octanol–water partition coefficient (Wildman–Crippen LogP) is 3.63. The van der Waals surface area contributed by atoms with E-state index in [2.05, 4.69) is 0 Å². The lowest BCUT2D eigenvalue weighted by Crippen LogP contribution is -1.94. The minimum absolute atomic E-state index is 0.0382. The molecule has 0 aliphatic heterocycles. The molecule has 0 saturated heterocycles. The predicted molar refractivity (Wildman–Crippen MR) is 86.5 cm³/mol. The molecular weight excluding hydrogens is 280 g/mol. The summed E-state index contributed by atoms with van der Waals surface area (Å²) in [6.45, 7) is 0. The van der Waals surface area contributed by atoms with Crippen LogP contribution in [0, 0.1) is 10.1 Å². The van der Waals surface area contributed by atoms with Crippen LogP contribution in [0.1, 0.15) is 15.9 Å². The fraction of sp³-hybridized carbons (Fsp3) is 0. The summed E-state index contributed by atoms with van der Waals surface area (Å²) in [4.78, 5) is 21.9. The molecule has 0 aromatic heterocycles. The van der Waals surface area contributed by atoms with Gasteiger partial charge in [0, 0.05) is 23.4 Å². The van der Waals surface area contributed by atoms with E-state index in [1.165, 1.54) is 30.3 Å². The largest absolute Gasteiger partial charge is 0.399 e. The number of hydrogen-bond donors (Lipinski definition) is 1. The van der Waals surface area contributed by atoms with Crippen LogP contribution in [0.2, 0.25) is 0 Å². The van der Waals surface area contributed by atoms with Crippen molar-refractivity contribution in [3.05, 3.63) is 88.0 Å². The van der Waals surface area contributed by atoms with Crippen LogP contribution < -0.4 is 5.73 Å². The lowest BCUT2D eigenvalue weighted by molar-refractivity contribution is -0.384. The molecule has 0 radical (unpaired) electrons. The van der Waals surface area contributed by atoms with Crippen LogP contribution in [-0.4, -0.2) is 10.7 Å². The van der Waals surface area contributed by atoms with Gasteiger partial charge in [-0.15, -0.1) is 0 Å². The second kappa shape index (κ2) is 6.99. The van der Waals surface area contributed by atoms with Crippen molar-refractivity contribution in [3.8, 4) is 0 Å². The Kier molecular flexibility index (Phi) is 4.82. The maximum Gasteiger partial charge on any atom is 0.269 e. The highest BCUT2D eigenvalue weighted by atomic mass is 16.6. The van der Waals surface area contributed by atoms with Crippen molar-refractivity contribution in [2.75, 3.05) is 5.73 Å². The van der Waals surface area contributed by atoms with E-state index >= 15 is 0 Å². The normalized spacial score (nSPS) is 11.1. The van der Waals surface area contributed by atoms with E-state index in [-0.39, 0.29) is 11.5 Å². The summed E-state index contributed by atoms with van der Waals surface area (Å²) in [7, 11) is 0. The third kappa shape index (κ3) is 4.14. The van der Waals surface area contributed by atoms with E-state index in [1.54, 1.807) is 24.3 Å². The molecule has 0 amide bonds. The molecule has 0 heterocycles. The monoisotopic (exact) mass is 294 g/mol. The number of nitrogens with zero attached hydrogens (tertiary/aromatic N) is 1. The number of non-ortho nitro benzene ring substituents is 1. The Morgan fingerprint density at radius 2 is 1.64 bits per heavy atom. The van der Waals surface area contributed by atoms with Gasteiger partial charge >= 0.3 is 0 Å². The van der Waals surface area contributed by atoms with Crippen molar-refractivity contribution in [1.29, 1.82) is 0 Å². The topological polar surface area (TPSA) is 86.2 Å². The Balaban J connectivity index is 1.98. The molecule has 0 spiro atoms. The van der Waals surface area contributed by atoms with E-state index < -0.39 is 4.92 Å². The van der Waals surface area contributed by atoms with Crippen molar-refractivity contribution in [3.63, 3.8) is 0 Å². The number of carbonyl (C=O) groups is 1. The molecule has 2 rings (SSSR count). The third-order valence-corrected chi connectivity index (χ3v) is 2.95. The van der Waals surface area contributed by atoms with E-state index in [9.17, 15) is 14.9 Å². The molecule has 0 aliphatic rings. The summed E-state index contributed by atoms with van der Waals surface area (Å²) in [5.74, 6) is -0.211. The maximum absolute atomic E-state index is 11.9. The smallest absolute Gasteiger partial charge is 0.269 e. The number of nitro benzene ring substituents is 1. The Hall–Kier alpha value is -3.21. The van der Waals surface area contributed by atoms with Gasteiger partial charge in [0.2, 0.25) is 0 Å². The summed E-state index contributed by atoms with van der Waals surface area (Å²) in [5.41, 5.74) is 7.63. The van der Waals surface area contributed by atoms with Gasteiger partial charge in [0.15, 0.2) is 5.78 Å². The summed E-state index contributed by atoms with van der Waals surface area (Å²) < 4.78 is 0. The fourth-order valence-electron chi connectivity index (χ4n) is 1.76. The molecule has 0 unspecified atom stereocenters. The third-order valence-electron chi connectivity index (χ3n) is 2.95. The molecule has 2 aromatic carbocycles. The molecule has 5 nitrogen and oxygen atoms in total. The van der Waals surface area contributed by atoms with Gasteiger partial charge in [0.1, 0.15) is 0 Å². The first-order valence-electron chi connectivity index (χ1n) is 6.55. The zero-order chi connectivity index (χ0) is 15.9. The summed E-state index contributed by atoms with van der Waals surface area (Å²) in [6, 6.07) is 12.8. The molecule has 0 saturated carbocycles. The molecule has 0 aliphatic carbocycles. The van der Waals surface area contributed by atoms with Crippen LogP contribution in [0.5, 0.6) is 0 Å². The van der Waals surface area contributed by atoms with Gasteiger partial charge in [-0.05, 0) is 35.9 Å². The second-order valence-corrected chi connectivity index (χ2v) is 4.55. The van der Waals surface area contributed by atoms with Crippen molar-refractivity contribution in [2.24, 2.45) is 0 Å². The number of ketones is 1. The molecule has 22 heavy (non-hydrogen) atoms. The average molecular weight is 294 g/mol. The molecule has 0 fully saturated rings. The van der Waals surface area contributed by atoms with Gasteiger partial charge in [-0.2, -0.15) is 0 Å². The zero-order valence-corrected chi connectivity index (χ0v) is 11.7. The molecule has 5 heteroatoms. The Bertz CT molecular complexity index is 730. The number of nitrogen functional groups attached to an aromatic ring is 1. The Morgan fingerprint density at radius 1 is 1.00 bits per heavy atom. The fourth-order valence-corrected chi connectivity index (χ4v) is 1.76. The van der Waals surface area contributed by atoms with Crippen LogP contribution in [0.4, 0.5) is 11.4 Å². The maximum atomic E-state index is 11.9. The van der Waals surface area contributed by atoms with Gasteiger partial charge < -0.3 is 5.73 Å². The lowest BCUT2D eigenvalue weighted by Gasteiger charge is -1.95. The second-order valence-electron chi connectivity index (χ2n) is 4.55. The highest BCUT2D eigenvalue weighted by Crippen LogP contribution is 2.12. The number of carbonyl (C=O) groups excluding carboxylic acids is 1. The van der Waals surface area contributed by atoms with Crippen molar-refractivity contribution in [1.82, 2.24) is 0 Å². The summed E-state index contributed by atoms with van der Waals surface area (Å²) >= 11 is 0. The number of nitro groups is 1. The van der Waals surface area contributed by atoms with Gasteiger partial charge in [0.25, 0.3) is 5.69 Å². The van der Waals surface area contributed by atoms with Crippen molar-refractivity contribution in [2.45, 2.75) is 0 Å². The minimum atomic E-state index is -0.501. The number of allylic oxidation sites excluding steroid dienone is 3. The van der Waals surface area contributed by atoms with Gasteiger partial charge in [0.05, 0.1) is 4.92 Å². The Morgan fingerprint density at radius 3 is 2.23 bits per heavy atom. The number of benzene rings is 2. The zero-order valence-electron chi connectivity index (χ0n) is 11.7. The number of anilines is 1. The number of nitrogens with two attached hydrogens (primary N) is 1. The first kappa shape index (κ1) is 15.2.